The SMILES string of the molecule is CCOCCNC(=NC)NCCCN1CCN(c2cccc(Cl)c2)CC1.I. The number of hydrogen-bond donors (Lipinski definition) is 2. The van der Waals surface area contributed by atoms with Crippen molar-refractivity contribution in [3.05, 3.63) is 29.3 Å². The quantitative estimate of drug-likeness (QED) is 0.232. The number of nitrogens with zero attached hydrogens (tertiary/aromatic N) is 3. The molecule has 1 heterocycles. The van der Waals surface area contributed by atoms with Crippen LogP contribution in [0.3, 0.4) is 0 Å². The molecular weight excluding hydrogens is 477 g/mol. The van der Waals surface area contributed by atoms with Crippen LogP contribution in [0.1, 0.15) is 13.3 Å². The summed E-state index contributed by atoms with van der Waals surface area (Å²) in [5, 5.41) is 7.42. The Morgan fingerprint density at radius 1 is 1.19 bits per heavy atom. The smallest absolute Gasteiger partial charge is 0.191 e. The lowest BCUT2D eigenvalue weighted by Gasteiger charge is -2.36. The minimum atomic E-state index is 0. The third kappa shape index (κ3) is 9.32. The summed E-state index contributed by atoms with van der Waals surface area (Å²) in [5.41, 5.74) is 1.22. The molecule has 8 heteroatoms. The number of nitrogens with one attached hydrogen (secondary N) is 2. The molecule has 0 aliphatic carbocycles. The molecule has 1 saturated heterocycles. The summed E-state index contributed by atoms with van der Waals surface area (Å²) in [7, 11) is 1.80. The van der Waals surface area contributed by atoms with Crippen LogP contribution < -0.4 is 15.5 Å². The molecule has 0 bridgehead atoms. The molecule has 1 aromatic rings. The number of benzene rings is 1. The Hall–Kier alpha value is -0.770. The van der Waals surface area contributed by atoms with E-state index in [2.05, 4.69) is 31.5 Å². The van der Waals surface area contributed by atoms with Crippen molar-refractivity contribution in [3.8, 4) is 0 Å². The fourth-order valence-corrected chi connectivity index (χ4v) is 3.20. The van der Waals surface area contributed by atoms with E-state index in [-0.39, 0.29) is 24.0 Å². The number of anilines is 1. The highest BCUT2D eigenvalue weighted by Gasteiger charge is 2.16. The highest BCUT2D eigenvalue weighted by Crippen LogP contribution is 2.20. The molecule has 6 nitrogen and oxygen atoms in total. The lowest BCUT2D eigenvalue weighted by atomic mass is 10.2. The van der Waals surface area contributed by atoms with E-state index < -0.39 is 0 Å². The second kappa shape index (κ2) is 14.3. The Balaban J connectivity index is 0.00000364. The fraction of sp³-hybridized carbons (Fsp3) is 0.632. The second-order valence-corrected chi connectivity index (χ2v) is 6.72. The first-order valence-electron chi connectivity index (χ1n) is 9.48. The van der Waals surface area contributed by atoms with E-state index in [4.69, 9.17) is 16.3 Å². The Labute approximate surface area is 185 Å². The van der Waals surface area contributed by atoms with Crippen LogP contribution in [0.25, 0.3) is 0 Å². The normalized spacial score (nSPS) is 15.4. The van der Waals surface area contributed by atoms with Gasteiger partial charge in [0.25, 0.3) is 0 Å². The summed E-state index contributed by atoms with van der Waals surface area (Å²) in [5.74, 6) is 0.843. The van der Waals surface area contributed by atoms with E-state index in [9.17, 15) is 0 Å². The van der Waals surface area contributed by atoms with Gasteiger partial charge in [-0.1, -0.05) is 17.7 Å². The summed E-state index contributed by atoms with van der Waals surface area (Å²) in [6.07, 6.45) is 1.10. The Morgan fingerprint density at radius 3 is 2.59 bits per heavy atom. The maximum Gasteiger partial charge on any atom is 0.191 e. The van der Waals surface area contributed by atoms with E-state index in [1.54, 1.807) is 7.05 Å². The number of guanidine groups is 1. The molecular formula is C19H33ClIN5O. The van der Waals surface area contributed by atoms with E-state index in [0.717, 1.165) is 69.8 Å². The van der Waals surface area contributed by atoms with Crippen LogP contribution >= 0.6 is 35.6 Å². The largest absolute Gasteiger partial charge is 0.380 e. The first kappa shape index (κ1) is 24.3. The zero-order chi connectivity index (χ0) is 18.6. The van der Waals surface area contributed by atoms with Gasteiger partial charge >= 0.3 is 0 Å². The zero-order valence-corrected chi connectivity index (χ0v) is 19.5. The number of rotatable bonds is 9. The maximum atomic E-state index is 6.10. The third-order valence-electron chi connectivity index (χ3n) is 4.46. The molecule has 0 spiro atoms. The number of aliphatic imine (C=N–C) groups is 1. The first-order valence-corrected chi connectivity index (χ1v) is 9.86. The predicted molar refractivity (Wildman–Crippen MR) is 126 cm³/mol. The Kier molecular flexibility index (Phi) is 12.8. The summed E-state index contributed by atoms with van der Waals surface area (Å²) in [6, 6.07) is 8.12. The zero-order valence-electron chi connectivity index (χ0n) is 16.4. The highest BCUT2D eigenvalue weighted by molar-refractivity contribution is 14.0. The minimum absolute atomic E-state index is 0. The molecule has 0 unspecified atom stereocenters. The third-order valence-corrected chi connectivity index (χ3v) is 4.69. The van der Waals surface area contributed by atoms with Crippen LogP contribution in [0.15, 0.2) is 29.3 Å². The maximum absolute atomic E-state index is 6.10. The summed E-state index contributed by atoms with van der Waals surface area (Å²) in [6.45, 7) is 10.5. The fourth-order valence-electron chi connectivity index (χ4n) is 3.02. The number of hydrogen-bond acceptors (Lipinski definition) is 4. The molecule has 1 fully saturated rings. The lowest BCUT2D eigenvalue weighted by molar-refractivity contribution is 0.152. The van der Waals surface area contributed by atoms with Crippen molar-refractivity contribution >= 4 is 47.2 Å². The molecule has 0 amide bonds. The summed E-state index contributed by atoms with van der Waals surface area (Å²) < 4.78 is 5.32. The molecule has 1 aliphatic heterocycles. The van der Waals surface area contributed by atoms with Crippen LogP contribution in [-0.2, 0) is 4.74 Å². The van der Waals surface area contributed by atoms with Gasteiger partial charge in [-0.25, -0.2) is 0 Å². The monoisotopic (exact) mass is 509 g/mol. The number of halogens is 2. The molecule has 0 saturated carbocycles. The standard InChI is InChI=1S/C19H32ClN5O.HI/c1-3-26-15-9-23-19(21-2)22-8-5-10-24-11-13-25(14-12-24)18-7-4-6-17(20)16-18;/h4,6-7,16H,3,5,8-15H2,1-2H3,(H2,21,22,23);1H. The van der Waals surface area contributed by atoms with E-state index >= 15 is 0 Å². The number of ether oxygens (including phenoxy) is 1. The van der Waals surface area contributed by atoms with Gasteiger partial charge in [0.1, 0.15) is 0 Å². The highest BCUT2D eigenvalue weighted by atomic mass is 127. The molecule has 154 valence electrons. The van der Waals surface area contributed by atoms with Crippen LogP contribution in [0, 0.1) is 0 Å². The first-order chi connectivity index (χ1) is 12.7. The lowest BCUT2D eigenvalue weighted by Crippen LogP contribution is -2.47. The van der Waals surface area contributed by atoms with E-state index in [1.807, 2.05) is 25.1 Å². The second-order valence-electron chi connectivity index (χ2n) is 6.28. The van der Waals surface area contributed by atoms with Gasteiger partial charge in [-0.3, -0.25) is 9.89 Å². The molecule has 0 radical (unpaired) electrons. The van der Waals surface area contributed by atoms with Crippen LogP contribution in [0.5, 0.6) is 0 Å². The van der Waals surface area contributed by atoms with Gasteiger partial charge in [0, 0.05) is 63.6 Å². The molecule has 0 atom stereocenters. The van der Waals surface area contributed by atoms with Crippen LogP contribution in [0.2, 0.25) is 5.02 Å². The minimum Gasteiger partial charge on any atom is -0.380 e. The topological polar surface area (TPSA) is 52.1 Å². The van der Waals surface area contributed by atoms with Gasteiger partial charge in [-0.05, 0) is 38.1 Å². The molecule has 2 rings (SSSR count). The average molecular weight is 510 g/mol. The van der Waals surface area contributed by atoms with Gasteiger partial charge in [-0.15, -0.1) is 24.0 Å². The van der Waals surface area contributed by atoms with Gasteiger partial charge in [-0.2, -0.15) is 0 Å². The van der Waals surface area contributed by atoms with Gasteiger partial charge < -0.3 is 20.3 Å². The van der Waals surface area contributed by atoms with Gasteiger partial charge in [0.2, 0.25) is 0 Å². The molecule has 1 aliphatic rings. The van der Waals surface area contributed by atoms with Crippen molar-refractivity contribution in [2.24, 2.45) is 4.99 Å². The van der Waals surface area contributed by atoms with Crippen molar-refractivity contribution in [3.63, 3.8) is 0 Å². The van der Waals surface area contributed by atoms with Crippen molar-refractivity contribution in [1.82, 2.24) is 15.5 Å². The average Bonchev–Trinajstić information content (AvgIpc) is 2.67. The van der Waals surface area contributed by atoms with E-state index in [1.165, 1.54) is 5.69 Å². The molecule has 1 aromatic carbocycles. The molecule has 2 N–H and O–H groups in total. The van der Waals surface area contributed by atoms with Crippen molar-refractivity contribution in [1.29, 1.82) is 0 Å². The van der Waals surface area contributed by atoms with Crippen LogP contribution in [-0.4, -0.2) is 76.9 Å². The van der Waals surface area contributed by atoms with Crippen molar-refractivity contribution in [2.45, 2.75) is 13.3 Å². The molecule has 0 aromatic heterocycles. The van der Waals surface area contributed by atoms with Gasteiger partial charge in [0.15, 0.2) is 5.96 Å². The van der Waals surface area contributed by atoms with Crippen molar-refractivity contribution in [2.75, 3.05) is 71.0 Å². The predicted octanol–water partition coefficient (Wildman–Crippen LogP) is 2.67. The van der Waals surface area contributed by atoms with E-state index in [0.29, 0.717) is 6.61 Å². The van der Waals surface area contributed by atoms with Crippen molar-refractivity contribution < 1.29 is 4.74 Å². The Morgan fingerprint density at radius 2 is 1.93 bits per heavy atom. The van der Waals surface area contributed by atoms with Crippen LogP contribution in [0.4, 0.5) is 5.69 Å². The number of piperazine rings is 1. The van der Waals surface area contributed by atoms with Gasteiger partial charge in [0.05, 0.1) is 6.61 Å². The summed E-state index contributed by atoms with van der Waals surface area (Å²) >= 11 is 6.10. The Bertz CT molecular complexity index is 553. The summed E-state index contributed by atoms with van der Waals surface area (Å²) in [4.78, 5) is 9.16. The molecule has 27 heavy (non-hydrogen) atoms.